The molecule has 0 fully saturated rings. The highest BCUT2D eigenvalue weighted by molar-refractivity contribution is 6.11. The minimum absolute atomic E-state index is 0.0923. The van der Waals surface area contributed by atoms with E-state index in [1.54, 1.807) is 24.4 Å². The number of carboxylic acids is 1. The molecule has 4 aromatic rings. The highest BCUT2D eigenvalue weighted by atomic mass is 16.4. The van der Waals surface area contributed by atoms with Gasteiger partial charge in [0.15, 0.2) is 5.78 Å². The number of hydrogen-bond acceptors (Lipinski definition) is 4. The second kappa shape index (κ2) is 9.29. The average molecular weight is 423 g/mol. The summed E-state index contributed by atoms with van der Waals surface area (Å²) in [7, 11) is 0. The van der Waals surface area contributed by atoms with Crippen LogP contribution in [-0.2, 0) is 6.42 Å². The van der Waals surface area contributed by atoms with Crippen LogP contribution in [0.1, 0.15) is 43.4 Å². The fourth-order valence-corrected chi connectivity index (χ4v) is 3.73. The Labute approximate surface area is 185 Å². The molecule has 0 aliphatic heterocycles. The third-order valence-corrected chi connectivity index (χ3v) is 5.43. The van der Waals surface area contributed by atoms with Crippen LogP contribution in [0.15, 0.2) is 79.0 Å². The van der Waals surface area contributed by atoms with Crippen LogP contribution < -0.4 is 5.32 Å². The van der Waals surface area contributed by atoms with Crippen LogP contribution in [0.4, 0.5) is 0 Å². The van der Waals surface area contributed by atoms with Crippen LogP contribution in [-0.4, -0.2) is 28.4 Å². The summed E-state index contributed by atoms with van der Waals surface area (Å²) < 4.78 is 0. The molecule has 158 valence electrons. The molecular formula is C26H21N3O3. The van der Waals surface area contributed by atoms with Crippen molar-refractivity contribution >= 4 is 22.7 Å². The van der Waals surface area contributed by atoms with Crippen LogP contribution in [0.25, 0.3) is 10.9 Å². The second-order valence-electron chi connectivity index (χ2n) is 7.49. The molecule has 0 saturated heterocycles. The summed E-state index contributed by atoms with van der Waals surface area (Å²) in [5.41, 5.74) is 3.83. The number of hydrogen-bond donors (Lipinski definition) is 3. The Kier molecular flexibility index (Phi) is 6.11. The van der Waals surface area contributed by atoms with Gasteiger partial charge in [-0.3, -0.25) is 4.79 Å². The highest BCUT2D eigenvalue weighted by Gasteiger charge is 2.24. The van der Waals surface area contributed by atoms with Gasteiger partial charge in [0.25, 0.3) is 0 Å². The van der Waals surface area contributed by atoms with Crippen molar-refractivity contribution in [2.24, 2.45) is 0 Å². The molecule has 0 radical (unpaired) electrons. The summed E-state index contributed by atoms with van der Waals surface area (Å²) in [5, 5.41) is 22.2. The maximum absolute atomic E-state index is 13.5. The Morgan fingerprint density at radius 1 is 1.03 bits per heavy atom. The fraction of sp³-hybridized carbons (Fsp3) is 0.115. The Balaban J connectivity index is 1.57. The fourth-order valence-electron chi connectivity index (χ4n) is 3.73. The lowest BCUT2D eigenvalue weighted by Gasteiger charge is -2.18. The SMILES string of the molecule is N#Cc1ccc(CCN[C@H](C(=O)c2c[nH]c3cc(C(=O)O)ccc23)c2ccccc2)cc1. The summed E-state index contributed by atoms with van der Waals surface area (Å²) in [6, 6.07) is 23.2. The molecule has 4 rings (SSSR count). The molecule has 0 aliphatic rings. The molecule has 32 heavy (non-hydrogen) atoms. The largest absolute Gasteiger partial charge is 0.478 e. The number of aromatic carboxylic acids is 1. The molecule has 1 heterocycles. The topological polar surface area (TPSA) is 106 Å². The van der Waals surface area contributed by atoms with Gasteiger partial charge < -0.3 is 15.4 Å². The van der Waals surface area contributed by atoms with Gasteiger partial charge in [0, 0.05) is 29.2 Å². The van der Waals surface area contributed by atoms with Crippen LogP contribution in [0.3, 0.4) is 0 Å². The predicted octanol–water partition coefficient (Wildman–Crippen LogP) is 4.49. The lowest BCUT2D eigenvalue weighted by molar-refractivity contribution is 0.0696. The average Bonchev–Trinajstić information content (AvgIpc) is 3.26. The van der Waals surface area contributed by atoms with Crippen molar-refractivity contribution in [3.63, 3.8) is 0 Å². The maximum atomic E-state index is 13.5. The van der Waals surface area contributed by atoms with Gasteiger partial charge in [0.1, 0.15) is 0 Å². The first-order chi connectivity index (χ1) is 15.6. The first-order valence-electron chi connectivity index (χ1n) is 10.2. The molecule has 3 N–H and O–H groups in total. The first kappa shape index (κ1) is 21.0. The molecular weight excluding hydrogens is 402 g/mol. The molecule has 0 bridgehead atoms. The maximum Gasteiger partial charge on any atom is 0.335 e. The zero-order valence-corrected chi connectivity index (χ0v) is 17.2. The third-order valence-electron chi connectivity index (χ3n) is 5.43. The van der Waals surface area contributed by atoms with Gasteiger partial charge in [-0.15, -0.1) is 0 Å². The standard InChI is InChI=1S/C26H21N3O3/c27-15-18-8-6-17(7-9-18)12-13-28-24(19-4-2-1-3-5-19)25(30)22-16-29-23-14-20(26(31)32)10-11-21(22)23/h1-11,14,16,24,28-29H,12-13H2,(H,31,32)/t24-/m0/s1. The van der Waals surface area contributed by atoms with E-state index in [2.05, 4.69) is 16.4 Å². The van der Waals surface area contributed by atoms with Crippen molar-refractivity contribution < 1.29 is 14.7 Å². The number of aromatic amines is 1. The Morgan fingerprint density at radius 2 is 1.78 bits per heavy atom. The molecule has 0 amide bonds. The van der Waals surface area contributed by atoms with Crippen molar-refractivity contribution in [2.45, 2.75) is 12.5 Å². The number of Topliss-reactive ketones (excluding diaryl/α,β-unsaturated/α-hetero) is 1. The predicted molar refractivity (Wildman–Crippen MR) is 122 cm³/mol. The third kappa shape index (κ3) is 4.43. The van der Waals surface area contributed by atoms with E-state index in [0.29, 0.717) is 35.0 Å². The van der Waals surface area contributed by atoms with Gasteiger partial charge in [0.2, 0.25) is 0 Å². The highest BCUT2D eigenvalue weighted by Crippen LogP contribution is 2.26. The van der Waals surface area contributed by atoms with Gasteiger partial charge in [-0.2, -0.15) is 5.26 Å². The zero-order valence-electron chi connectivity index (χ0n) is 17.2. The van der Waals surface area contributed by atoms with Gasteiger partial charge in [-0.05, 0) is 41.8 Å². The quantitative estimate of drug-likeness (QED) is 0.362. The number of H-pyrrole nitrogens is 1. The van der Waals surface area contributed by atoms with Crippen LogP contribution in [0.5, 0.6) is 0 Å². The number of carbonyl (C=O) groups is 2. The molecule has 0 saturated carbocycles. The van der Waals surface area contributed by atoms with E-state index in [1.165, 1.54) is 12.1 Å². The number of fused-ring (bicyclic) bond motifs is 1. The Morgan fingerprint density at radius 3 is 2.47 bits per heavy atom. The summed E-state index contributed by atoms with van der Waals surface area (Å²) in [6.45, 7) is 0.572. The van der Waals surface area contributed by atoms with Gasteiger partial charge in [-0.1, -0.05) is 48.5 Å². The summed E-state index contributed by atoms with van der Waals surface area (Å²) in [4.78, 5) is 27.8. The molecule has 0 spiro atoms. The number of aromatic nitrogens is 1. The molecule has 3 aromatic carbocycles. The molecule has 1 atom stereocenters. The van der Waals surface area contributed by atoms with E-state index >= 15 is 0 Å². The zero-order chi connectivity index (χ0) is 22.5. The number of rotatable bonds is 8. The van der Waals surface area contributed by atoms with Gasteiger partial charge in [-0.25, -0.2) is 4.79 Å². The number of carbonyl (C=O) groups excluding carboxylic acids is 1. The van der Waals surface area contributed by atoms with Crippen LogP contribution >= 0.6 is 0 Å². The number of carboxylic acid groups (broad SMARTS) is 1. The van der Waals surface area contributed by atoms with Crippen LogP contribution in [0, 0.1) is 11.3 Å². The first-order valence-corrected chi connectivity index (χ1v) is 10.2. The van der Waals surface area contributed by atoms with E-state index < -0.39 is 12.0 Å². The molecule has 0 aliphatic carbocycles. The number of nitrogens with one attached hydrogen (secondary N) is 2. The molecule has 6 nitrogen and oxygen atoms in total. The summed E-state index contributed by atoms with van der Waals surface area (Å²) >= 11 is 0. The van der Waals surface area contributed by atoms with Gasteiger partial charge in [0.05, 0.1) is 23.2 Å². The summed E-state index contributed by atoms with van der Waals surface area (Å²) in [5.74, 6) is -1.11. The van der Waals surface area contributed by atoms with E-state index in [0.717, 1.165) is 11.1 Å². The number of benzene rings is 3. The van der Waals surface area contributed by atoms with E-state index in [9.17, 15) is 14.7 Å². The minimum atomic E-state index is -1.01. The molecule has 6 heteroatoms. The monoisotopic (exact) mass is 423 g/mol. The minimum Gasteiger partial charge on any atom is -0.478 e. The lowest BCUT2D eigenvalue weighted by Crippen LogP contribution is -2.30. The van der Waals surface area contributed by atoms with E-state index in [1.807, 2.05) is 42.5 Å². The second-order valence-corrected chi connectivity index (χ2v) is 7.49. The van der Waals surface area contributed by atoms with Crippen molar-refractivity contribution in [1.29, 1.82) is 5.26 Å². The lowest BCUT2D eigenvalue weighted by atomic mass is 9.96. The molecule has 1 aromatic heterocycles. The number of nitrogens with zero attached hydrogens (tertiary/aromatic N) is 1. The van der Waals surface area contributed by atoms with Crippen molar-refractivity contribution in [3.05, 3.63) is 107 Å². The Hall–Kier alpha value is -4.21. The summed E-state index contributed by atoms with van der Waals surface area (Å²) in [6.07, 6.45) is 2.34. The Bertz CT molecular complexity index is 1300. The van der Waals surface area contributed by atoms with Crippen molar-refractivity contribution in [2.75, 3.05) is 6.54 Å². The van der Waals surface area contributed by atoms with Gasteiger partial charge >= 0.3 is 5.97 Å². The molecule has 0 unspecified atom stereocenters. The van der Waals surface area contributed by atoms with Crippen molar-refractivity contribution in [1.82, 2.24) is 10.3 Å². The van der Waals surface area contributed by atoms with E-state index in [-0.39, 0.29) is 11.3 Å². The normalized spacial score (nSPS) is 11.7. The van der Waals surface area contributed by atoms with Crippen LogP contribution in [0.2, 0.25) is 0 Å². The number of nitriles is 1. The van der Waals surface area contributed by atoms with E-state index in [4.69, 9.17) is 5.26 Å². The van der Waals surface area contributed by atoms with Crippen molar-refractivity contribution in [3.8, 4) is 6.07 Å². The smallest absolute Gasteiger partial charge is 0.335 e. The number of ketones is 1.